The van der Waals surface area contributed by atoms with Crippen LogP contribution in [0.4, 0.5) is 0 Å². The van der Waals surface area contributed by atoms with E-state index in [1.807, 2.05) is 0 Å². The van der Waals surface area contributed by atoms with E-state index in [9.17, 15) is 25.0 Å². The van der Waals surface area contributed by atoms with Crippen molar-refractivity contribution in [3.05, 3.63) is 23.0 Å². The molecule has 0 saturated carbocycles. The Balaban J connectivity index is 3.03. The van der Waals surface area contributed by atoms with E-state index in [4.69, 9.17) is 9.79 Å². The van der Waals surface area contributed by atoms with Crippen LogP contribution in [0.15, 0.2) is 6.20 Å². The zero-order valence-corrected chi connectivity index (χ0v) is 13.4. The van der Waals surface area contributed by atoms with E-state index < -0.39 is 39.8 Å². The summed E-state index contributed by atoms with van der Waals surface area (Å²) in [6, 6.07) is 0. The smallest absolute Gasteiger partial charge is 0.469 e. The molecule has 0 aromatic carbocycles. The lowest BCUT2D eigenvalue weighted by atomic mass is 10.0. The van der Waals surface area contributed by atoms with E-state index in [2.05, 4.69) is 14.8 Å². The predicted molar refractivity (Wildman–Crippen MR) is 78.3 cm³/mol. The first-order valence-corrected chi connectivity index (χ1v) is 8.15. The summed E-state index contributed by atoms with van der Waals surface area (Å²) in [5.74, 6) is -0.216. The maximum atomic E-state index is 10.8. The molecule has 10 nitrogen and oxygen atoms in total. The standard InChI is InChI=1S/C12H21N2O8P/c1-8-11(18)10(3-14-12(5-15,6-16)7-17)9(2-13-8)4-22-23(19,20)21/h2,14-18H,3-7H2,1H3,(H2,19,20,21). The van der Waals surface area contributed by atoms with Crippen LogP contribution >= 0.6 is 7.82 Å². The summed E-state index contributed by atoms with van der Waals surface area (Å²) in [7, 11) is -4.70. The van der Waals surface area contributed by atoms with Crippen LogP contribution < -0.4 is 5.32 Å². The van der Waals surface area contributed by atoms with Crippen molar-refractivity contribution in [2.45, 2.75) is 25.6 Å². The van der Waals surface area contributed by atoms with Gasteiger partial charge in [0.05, 0.1) is 37.7 Å². The van der Waals surface area contributed by atoms with Gasteiger partial charge in [0.2, 0.25) is 0 Å². The monoisotopic (exact) mass is 352 g/mol. The van der Waals surface area contributed by atoms with Gasteiger partial charge in [-0.25, -0.2) is 4.57 Å². The SMILES string of the molecule is Cc1ncc(COP(=O)(O)O)c(CNC(CO)(CO)CO)c1O. The first kappa shape index (κ1) is 19.9. The van der Waals surface area contributed by atoms with Crippen molar-refractivity contribution in [1.82, 2.24) is 10.3 Å². The highest BCUT2D eigenvalue weighted by molar-refractivity contribution is 7.46. The molecule has 0 bridgehead atoms. The van der Waals surface area contributed by atoms with Gasteiger partial charge in [-0.3, -0.25) is 9.51 Å². The van der Waals surface area contributed by atoms with Crippen molar-refractivity contribution in [3.63, 3.8) is 0 Å². The second-order valence-electron chi connectivity index (χ2n) is 5.07. The van der Waals surface area contributed by atoms with Gasteiger partial charge >= 0.3 is 7.82 Å². The van der Waals surface area contributed by atoms with E-state index in [0.717, 1.165) is 0 Å². The molecule has 0 aliphatic rings. The number of aryl methyl sites for hydroxylation is 1. The molecule has 0 spiro atoms. The number of aromatic nitrogens is 1. The van der Waals surface area contributed by atoms with E-state index in [1.165, 1.54) is 13.1 Å². The molecule has 0 radical (unpaired) electrons. The average molecular weight is 352 g/mol. The Morgan fingerprint density at radius 2 is 1.83 bits per heavy atom. The fourth-order valence-corrected chi connectivity index (χ4v) is 2.06. The summed E-state index contributed by atoms with van der Waals surface area (Å²) in [5, 5.41) is 40.6. The minimum Gasteiger partial charge on any atom is -0.506 e. The van der Waals surface area contributed by atoms with Crippen LogP contribution in [0.3, 0.4) is 0 Å². The molecule has 0 saturated heterocycles. The number of aliphatic hydroxyl groups is 3. The largest absolute Gasteiger partial charge is 0.506 e. The second kappa shape index (κ2) is 8.13. The maximum absolute atomic E-state index is 10.8. The topological polar surface area (TPSA) is 173 Å². The minimum absolute atomic E-state index is 0.100. The molecule has 0 fully saturated rings. The van der Waals surface area contributed by atoms with Crippen molar-refractivity contribution >= 4 is 7.82 Å². The normalized spacial score (nSPS) is 12.6. The van der Waals surface area contributed by atoms with E-state index >= 15 is 0 Å². The highest BCUT2D eigenvalue weighted by atomic mass is 31.2. The number of phosphoric acid groups is 1. The number of nitrogens with one attached hydrogen (secondary N) is 1. The number of aliphatic hydroxyl groups excluding tert-OH is 3. The summed E-state index contributed by atoms with van der Waals surface area (Å²) in [4.78, 5) is 21.4. The molecule has 7 N–H and O–H groups in total. The highest BCUT2D eigenvalue weighted by Crippen LogP contribution is 2.38. The van der Waals surface area contributed by atoms with E-state index in [0.29, 0.717) is 0 Å². The van der Waals surface area contributed by atoms with Crippen molar-refractivity contribution in [3.8, 4) is 5.75 Å². The first-order chi connectivity index (χ1) is 10.7. The summed E-state index contributed by atoms with van der Waals surface area (Å²) >= 11 is 0. The van der Waals surface area contributed by atoms with Gasteiger partial charge in [-0.1, -0.05) is 0 Å². The predicted octanol–water partition coefficient (Wildman–Crippen LogP) is -1.49. The number of phosphoric ester groups is 1. The van der Waals surface area contributed by atoms with Gasteiger partial charge < -0.3 is 35.5 Å². The lowest BCUT2D eigenvalue weighted by Crippen LogP contribution is -2.54. The van der Waals surface area contributed by atoms with Gasteiger partial charge in [0.25, 0.3) is 0 Å². The molecule has 1 aromatic rings. The zero-order valence-electron chi connectivity index (χ0n) is 12.5. The molecule has 1 heterocycles. The fraction of sp³-hybridized carbons (Fsp3) is 0.583. The average Bonchev–Trinajstić information content (AvgIpc) is 2.51. The molecule has 0 unspecified atom stereocenters. The lowest BCUT2D eigenvalue weighted by Gasteiger charge is -2.29. The maximum Gasteiger partial charge on any atom is 0.469 e. The third-order valence-electron chi connectivity index (χ3n) is 3.37. The molecule has 11 heteroatoms. The molecular formula is C12H21N2O8P. The third-order valence-corrected chi connectivity index (χ3v) is 3.83. The Hall–Kier alpha value is -1.10. The molecule has 1 rings (SSSR count). The van der Waals surface area contributed by atoms with E-state index in [-0.39, 0.29) is 29.1 Å². The van der Waals surface area contributed by atoms with Gasteiger partial charge in [0, 0.05) is 23.9 Å². The number of nitrogens with zero attached hydrogens (tertiary/aromatic N) is 1. The molecule has 0 atom stereocenters. The Labute approximate surface area is 132 Å². The van der Waals surface area contributed by atoms with Crippen molar-refractivity contribution in [1.29, 1.82) is 0 Å². The highest BCUT2D eigenvalue weighted by Gasteiger charge is 2.28. The van der Waals surface area contributed by atoms with Crippen LogP contribution in [0.2, 0.25) is 0 Å². The second-order valence-corrected chi connectivity index (χ2v) is 6.31. The van der Waals surface area contributed by atoms with Crippen molar-refractivity contribution in [2.75, 3.05) is 19.8 Å². The molecule has 0 aliphatic carbocycles. The number of aromatic hydroxyl groups is 1. The summed E-state index contributed by atoms with van der Waals surface area (Å²) < 4.78 is 15.2. The Kier molecular flexibility index (Phi) is 7.05. The number of rotatable bonds is 9. The summed E-state index contributed by atoms with van der Waals surface area (Å²) in [5.41, 5.74) is -0.646. The van der Waals surface area contributed by atoms with Gasteiger partial charge in [-0.05, 0) is 6.92 Å². The summed E-state index contributed by atoms with van der Waals surface area (Å²) in [6.07, 6.45) is 1.29. The van der Waals surface area contributed by atoms with Gasteiger partial charge in [-0.15, -0.1) is 0 Å². The lowest BCUT2D eigenvalue weighted by molar-refractivity contribution is 0.0411. The number of hydrogen-bond acceptors (Lipinski definition) is 8. The number of hydrogen-bond donors (Lipinski definition) is 7. The molecular weight excluding hydrogens is 331 g/mol. The van der Waals surface area contributed by atoms with Crippen molar-refractivity contribution in [2.24, 2.45) is 0 Å². The van der Waals surface area contributed by atoms with Crippen LogP contribution in [0.5, 0.6) is 5.75 Å². The van der Waals surface area contributed by atoms with Gasteiger partial charge in [0.1, 0.15) is 5.75 Å². The molecule has 0 aliphatic heterocycles. The van der Waals surface area contributed by atoms with Crippen LogP contribution in [0.25, 0.3) is 0 Å². The third kappa shape index (κ3) is 5.48. The Bertz CT molecular complexity index is 564. The molecule has 1 aromatic heterocycles. The molecule has 23 heavy (non-hydrogen) atoms. The summed E-state index contributed by atoms with van der Waals surface area (Å²) in [6.45, 7) is -0.732. The van der Waals surface area contributed by atoms with E-state index in [1.54, 1.807) is 0 Å². The fourth-order valence-electron chi connectivity index (χ4n) is 1.75. The molecule has 132 valence electrons. The van der Waals surface area contributed by atoms with Gasteiger partial charge in [0.15, 0.2) is 0 Å². The van der Waals surface area contributed by atoms with Crippen LogP contribution in [0, 0.1) is 6.92 Å². The minimum atomic E-state index is -4.70. The van der Waals surface area contributed by atoms with Crippen molar-refractivity contribution < 1.29 is 39.3 Å². The van der Waals surface area contributed by atoms with Crippen LogP contribution in [-0.4, -0.2) is 60.6 Å². The first-order valence-electron chi connectivity index (χ1n) is 6.62. The van der Waals surface area contributed by atoms with Crippen LogP contribution in [0.1, 0.15) is 16.8 Å². The zero-order chi connectivity index (χ0) is 17.7. The Morgan fingerprint density at radius 1 is 1.26 bits per heavy atom. The Morgan fingerprint density at radius 3 is 2.30 bits per heavy atom. The number of pyridine rings is 1. The quantitative estimate of drug-likeness (QED) is 0.259. The molecule has 0 amide bonds. The van der Waals surface area contributed by atoms with Gasteiger partial charge in [-0.2, -0.15) is 0 Å². The van der Waals surface area contributed by atoms with Crippen LogP contribution in [-0.2, 0) is 22.2 Å².